The second-order valence-corrected chi connectivity index (χ2v) is 5.61. The summed E-state index contributed by atoms with van der Waals surface area (Å²) < 4.78 is 0. The zero-order valence-corrected chi connectivity index (χ0v) is 13.4. The molecule has 0 atom stereocenters. The number of nitrogens with one attached hydrogen (secondary N) is 2. The number of hydrogen-bond donors (Lipinski definition) is 2. The highest BCUT2D eigenvalue weighted by molar-refractivity contribution is 5.94. The topological polar surface area (TPSA) is 74.3 Å². The summed E-state index contributed by atoms with van der Waals surface area (Å²) >= 11 is 0. The molecule has 1 aromatic heterocycles. The summed E-state index contributed by atoms with van der Waals surface area (Å²) in [6, 6.07) is 13.3. The molecule has 3 amide bonds. The lowest BCUT2D eigenvalue weighted by molar-refractivity contribution is -0.121. The first-order chi connectivity index (χ1) is 11.7. The molecular formula is C18H20N4O2. The van der Waals surface area contributed by atoms with Crippen molar-refractivity contribution < 1.29 is 9.59 Å². The number of urea groups is 1. The third-order valence-corrected chi connectivity index (χ3v) is 3.95. The van der Waals surface area contributed by atoms with Crippen LogP contribution in [0.25, 0.3) is 0 Å². The normalized spacial score (nSPS) is 12.6. The number of benzene rings is 1. The number of aromatic nitrogens is 1. The number of pyridine rings is 1. The van der Waals surface area contributed by atoms with Gasteiger partial charge < -0.3 is 10.6 Å². The van der Waals surface area contributed by atoms with Crippen molar-refractivity contribution in [2.75, 3.05) is 18.0 Å². The summed E-state index contributed by atoms with van der Waals surface area (Å²) in [5.74, 6) is -0.109. The van der Waals surface area contributed by atoms with E-state index in [1.165, 1.54) is 5.56 Å². The van der Waals surface area contributed by atoms with E-state index in [1.807, 2.05) is 42.5 Å². The van der Waals surface area contributed by atoms with E-state index < -0.39 is 0 Å². The van der Waals surface area contributed by atoms with Gasteiger partial charge in [0.25, 0.3) is 0 Å². The molecule has 6 nitrogen and oxygen atoms in total. The summed E-state index contributed by atoms with van der Waals surface area (Å²) in [7, 11) is 0. The third kappa shape index (κ3) is 3.90. The minimum atomic E-state index is -0.155. The smallest absolute Gasteiger partial charge is 0.321 e. The van der Waals surface area contributed by atoms with E-state index in [0.29, 0.717) is 19.6 Å². The van der Waals surface area contributed by atoms with Crippen LogP contribution in [0.5, 0.6) is 0 Å². The van der Waals surface area contributed by atoms with Crippen molar-refractivity contribution in [3.05, 3.63) is 59.9 Å². The van der Waals surface area contributed by atoms with Crippen LogP contribution in [-0.4, -0.2) is 30.0 Å². The maximum absolute atomic E-state index is 12.2. The molecule has 2 aromatic rings. The Labute approximate surface area is 140 Å². The minimum Gasteiger partial charge on any atom is -0.350 e. The Hall–Kier alpha value is -2.89. The number of hydrogen-bond acceptors (Lipinski definition) is 3. The number of amides is 3. The van der Waals surface area contributed by atoms with Crippen LogP contribution >= 0.6 is 0 Å². The van der Waals surface area contributed by atoms with Gasteiger partial charge in [-0.15, -0.1) is 0 Å². The molecule has 0 bridgehead atoms. The SMILES string of the molecule is O=C(CCNC(=O)N1CCc2ccccc21)NCc1ccccn1. The molecule has 2 N–H and O–H groups in total. The number of fused-ring (bicyclic) bond motifs is 1. The Bertz CT molecular complexity index is 718. The largest absolute Gasteiger partial charge is 0.350 e. The molecule has 0 saturated heterocycles. The zero-order chi connectivity index (χ0) is 16.8. The standard InChI is InChI=1S/C18H20N4O2/c23-17(21-13-15-6-3-4-10-19-15)8-11-20-18(24)22-12-9-14-5-1-2-7-16(14)22/h1-7,10H,8-9,11-13H2,(H,20,24)(H,21,23). The van der Waals surface area contributed by atoms with Crippen LogP contribution in [0.4, 0.5) is 10.5 Å². The molecule has 0 fully saturated rings. The molecule has 3 rings (SSSR count). The van der Waals surface area contributed by atoms with Gasteiger partial charge in [-0.3, -0.25) is 14.7 Å². The van der Waals surface area contributed by atoms with Crippen LogP contribution < -0.4 is 15.5 Å². The van der Waals surface area contributed by atoms with Gasteiger partial charge in [0, 0.05) is 31.4 Å². The average molecular weight is 324 g/mol. The van der Waals surface area contributed by atoms with Crippen molar-refractivity contribution in [1.82, 2.24) is 15.6 Å². The molecule has 6 heteroatoms. The summed E-state index contributed by atoms with van der Waals surface area (Å²) in [6.07, 6.45) is 2.80. The number of para-hydroxylation sites is 1. The van der Waals surface area contributed by atoms with E-state index in [-0.39, 0.29) is 18.4 Å². The van der Waals surface area contributed by atoms with Crippen molar-refractivity contribution in [2.24, 2.45) is 0 Å². The Morgan fingerprint density at radius 1 is 1.08 bits per heavy atom. The van der Waals surface area contributed by atoms with Crippen LogP contribution in [0.3, 0.4) is 0 Å². The minimum absolute atomic E-state index is 0.109. The Kier molecular flexibility index (Phi) is 5.05. The van der Waals surface area contributed by atoms with E-state index in [4.69, 9.17) is 0 Å². The van der Waals surface area contributed by atoms with Crippen molar-refractivity contribution in [3.63, 3.8) is 0 Å². The molecule has 1 aliphatic heterocycles. The average Bonchev–Trinajstić information content (AvgIpc) is 3.05. The molecule has 1 aromatic carbocycles. The molecule has 124 valence electrons. The monoisotopic (exact) mass is 324 g/mol. The quantitative estimate of drug-likeness (QED) is 0.881. The first kappa shape index (κ1) is 16.0. The summed E-state index contributed by atoms with van der Waals surface area (Å²) in [5.41, 5.74) is 2.94. The highest BCUT2D eigenvalue weighted by Crippen LogP contribution is 2.27. The van der Waals surface area contributed by atoms with Gasteiger partial charge in [0.05, 0.1) is 12.2 Å². The van der Waals surface area contributed by atoms with E-state index in [0.717, 1.165) is 17.8 Å². The molecule has 1 aliphatic rings. The van der Waals surface area contributed by atoms with Gasteiger partial charge in [0.1, 0.15) is 0 Å². The van der Waals surface area contributed by atoms with Crippen LogP contribution in [-0.2, 0) is 17.8 Å². The van der Waals surface area contributed by atoms with Gasteiger partial charge in [0.2, 0.25) is 5.91 Å². The molecule has 0 radical (unpaired) electrons. The van der Waals surface area contributed by atoms with Gasteiger partial charge in [-0.1, -0.05) is 24.3 Å². The molecular weight excluding hydrogens is 304 g/mol. The third-order valence-electron chi connectivity index (χ3n) is 3.95. The predicted octanol–water partition coefficient (Wildman–Crippen LogP) is 1.86. The summed E-state index contributed by atoms with van der Waals surface area (Å²) in [4.78, 5) is 29.9. The van der Waals surface area contributed by atoms with E-state index in [2.05, 4.69) is 15.6 Å². The number of carbonyl (C=O) groups excluding carboxylic acids is 2. The highest BCUT2D eigenvalue weighted by atomic mass is 16.2. The van der Waals surface area contributed by atoms with Gasteiger partial charge in [-0.25, -0.2) is 4.79 Å². The lowest BCUT2D eigenvalue weighted by Crippen LogP contribution is -2.40. The maximum atomic E-state index is 12.2. The maximum Gasteiger partial charge on any atom is 0.321 e. The summed E-state index contributed by atoms with van der Waals surface area (Å²) in [6.45, 7) is 1.38. The molecule has 0 aliphatic carbocycles. The van der Waals surface area contributed by atoms with Crippen LogP contribution in [0.1, 0.15) is 17.7 Å². The lowest BCUT2D eigenvalue weighted by Gasteiger charge is -2.18. The van der Waals surface area contributed by atoms with Crippen molar-refractivity contribution >= 4 is 17.6 Å². The summed E-state index contributed by atoms with van der Waals surface area (Å²) in [5, 5.41) is 5.60. The first-order valence-corrected chi connectivity index (χ1v) is 8.04. The number of anilines is 1. The molecule has 0 saturated carbocycles. The van der Waals surface area contributed by atoms with Crippen molar-refractivity contribution in [3.8, 4) is 0 Å². The Morgan fingerprint density at radius 3 is 2.75 bits per heavy atom. The van der Waals surface area contributed by atoms with E-state index >= 15 is 0 Å². The Morgan fingerprint density at radius 2 is 1.92 bits per heavy atom. The molecule has 0 unspecified atom stereocenters. The van der Waals surface area contributed by atoms with Crippen LogP contribution in [0.15, 0.2) is 48.7 Å². The first-order valence-electron chi connectivity index (χ1n) is 8.04. The molecule has 2 heterocycles. The van der Waals surface area contributed by atoms with Gasteiger partial charge in [-0.05, 0) is 30.2 Å². The van der Waals surface area contributed by atoms with Gasteiger partial charge in [-0.2, -0.15) is 0 Å². The second kappa shape index (κ2) is 7.59. The zero-order valence-electron chi connectivity index (χ0n) is 13.4. The van der Waals surface area contributed by atoms with Crippen LogP contribution in [0.2, 0.25) is 0 Å². The van der Waals surface area contributed by atoms with E-state index in [1.54, 1.807) is 11.1 Å². The van der Waals surface area contributed by atoms with Gasteiger partial charge >= 0.3 is 6.03 Å². The van der Waals surface area contributed by atoms with Crippen LogP contribution in [0, 0.1) is 0 Å². The molecule has 24 heavy (non-hydrogen) atoms. The van der Waals surface area contributed by atoms with E-state index in [9.17, 15) is 9.59 Å². The fourth-order valence-electron chi connectivity index (χ4n) is 2.71. The molecule has 0 spiro atoms. The second-order valence-electron chi connectivity index (χ2n) is 5.61. The van der Waals surface area contributed by atoms with Crippen molar-refractivity contribution in [2.45, 2.75) is 19.4 Å². The number of carbonyl (C=O) groups is 2. The van der Waals surface area contributed by atoms with Crippen molar-refractivity contribution in [1.29, 1.82) is 0 Å². The Balaban J connectivity index is 1.40. The fourth-order valence-corrected chi connectivity index (χ4v) is 2.71. The number of nitrogens with zero attached hydrogens (tertiary/aromatic N) is 2. The van der Waals surface area contributed by atoms with Gasteiger partial charge in [0.15, 0.2) is 0 Å². The lowest BCUT2D eigenvalue weighted by atomic mass is 10.2. The highest BCUT2D eigenvalue weighted by Gasteiger charge is 2.23. The fraction of sp³-hybridized carbons (Fsp3) is 0.278. The number of rotatable bonds is 5. The predicted molar refractivity (Wildman–Crippen MR) is 91.6 cm³/mol.